The first kappa shape index (κ1) is 32.8. The molecule has 2 amide bonds. The first-order chi connectivity index (χ1) is 17.6. The summed E-state index contributed by atoms with van der Waals surface area (Å²) in [5, 5.41) is 0. The summed E-state index contributed by atoms with van der Waals surface area (Å²) in [6, 6.07) is 0. The van der Waals surface area contributed by atoms with E-state index in [4.69, 9.17) is 23.7 Å². The Bertz CT molecular complexity index is 660. The van der Waals surface area contributed by atoms with E-state index in [1.807, 2.05) is 0 Å². The van der Waals surface area contributed by atoms with Crippen molar-refractivity contribution in [3.63, 3.8) is 0 Å². The van der Waals surface area contributed by atoms with Crippen LogP contribution >= 0.6 is 0 Å². The molecule has 1 aliphatic rings. The summed E-state index contributed by atoms with van der Waals surface area (Å²) in [5.41, 5.74) is 0. The van der Waals surface area contributed by atoms with E-state index < -0.39 is 0 Å². The summed E-state index contributed by atoms with van der Waals surface area (Å²) in [7, 11) is 2.68. The molecule has 11 nitrogen and oxygen atoms in total. The van der Waals surface area contributed by atoms with E-state index in [9.17, 15) is 19.2 Å². The Labute approximate surface area is 221 Å². The van der Waals surface area contributed by atoms with Gasteiger partial charge in [-0.3, -0.25) is 19.2 Å². The van der Waals surface area contributed by atoms with Crippen LogP contribution in [0.25, 0.3) is 0 Å². The Hall–Kier alpha value is -2.24. The minimum Gasteiger partial charge on any atom is -0.469 e. The summed E-state index contributed by atoms with van der Waals surface area (Å²) < 4.78 is 26.6. The molecule has 1 rings (SSSR count). The van der Waals surface area contributed by atoms with Crippen molar-refractivity contribution in [1.82, 2.24) is 9.80 Å². The predicted molar refractivity (Wildman–Crippen MR) is 136 cm³/mol. The minimum atomic E-state index is -0.376. The van der Waals surface area contributed by atoms with Crippen LogP contribution in [0, 0.1) is 23.7 Å². The number of ether oxygens (including phenoxy) is 5. The fraction of sp³-hybridized carbons (Fsp3) is 0.846. The van der Waals surface area contributed by atoms with Gasteiger partial charge in [-0.1, -0.05) is 27.7 Å². The van der Waals surface area contributed by atoms with Gasteiger partial charge in [0, 0.05) is 38.0 Å². The largest absolute Gasteiger partial charge is 0.469 e. The Morgan fingerprint density at radius 1 is 0.568 bits per heavy atom. The lowest BCUT2D eigenvalue weighted by Crippen LogP contribution is -2.42. The minimum absolute atomic E-state index is 0.0751. The Kier molecular flexibility index (Phi) is 16.0. The number of hydrogen-bond acceptors (Lipinski definition) is 9. The number of carbonyl (C=O) groups excluding carboxylic acids is 4. The van der Waals surface area contributed by atoms with Crippen molar-refractivity contribution >= 4 is 23.8 Å². The predicted octanol–water partition coefficient (Wildman–Crippen LogP) is 1.38. The van der Waals surface area contributed by atoms with Crippen LogP contribution < -0.4 is 0 Å². The van der Waals surface area contributed by atoms with Crippen LogP contribution in [-0.4, -0.2) is 114 Å². The second-order valence-corrected chi connectivity index (χ2v) is 9.61. The van der Waals surface area contributed by atoms with Crippen LogP contribution in [0.5, 0.6) is 0 Å². The lowest BCUT2D eigenvalue weighted by molar-refractivity contribution is -0.147. The number of amides is 2. The molecule has 1 aliphatic heterocycles. The van der Waals surface area contributed by atoms with E-state index in [0.717, 1.165) is 0 Å². The van der Waals surface area contributed by atoms with Crippen molar-refractivity contribution < 1.29 is 42.9 Å². The van der Waals surface area contributed by atoms with Crippen LogP contribution in [0.1, 0.15) is 40.5 Å². The highest BCUT2D eigenvalue weighted by Gasteiger charge is 2.27. The van der Waals surface area contributed by atoms with Gasteiger partial charge in [-0.15, -0.1) is 0 Å². The van der Waals surface area contributed by atoms with Crippen molar-refractivity contribution in [1.29, 1.82) is 0 Å². The molecule has 0 unspecified atom stereocenters. The van der Waals surface area contributed by atoms with E-state index in [1.165, 1.54) is 14.2 Å². The third-order valence-electron chi connectivity index (χ3n) is 6.48. The first-order valence-electron chi connectivity index (χ1n) is 13.1. The maximum absolute atomic E-state index is 13.1. The maximum Gasteiger partial charge on any atom is 0.308 e. The number of nitrogens with zero attached hydrogens (tertiary/aromatic N) is 2. The molecule has 1 fully saturated rings. The van der Waals surface area contributed by atoms with E-state index >= 15 is 0 Å². The number of rotatable bonds is 8. The van der Waals surface area contributed by atoms with Crippen molar-refractivity contribution in [2.24, 2.45) is 23.7 Å². The molecule has 0 radical (unpaired) electrons. The monoisotopic (exact) mass is 530 g/mol. The van der Waals surface area contributed by atoms with Crippen LogP contribution in [0.4, 0.5) is 0 Å². The normalized spacial score (nSPS) is 19.9. The van der Waals surface area contributed by atoms with Gasteiger partial charge < -0.3 is 33.5 Å². The van der Waals surface area contributed by atoms with E-state index in [-0.39, 0.29) is 47.4 Å². The van der Waals surface area contributed by atoms with Gasteiger partial charge in [0.25, 0.3) is 0 Å². The van der Waals surface area contributed by atoms with Gasteiger partial charge in [-0.05, 0) is 12.8 Å². The second-order valence-electron chi connectivity index (χ2n) is 9.61. The molecule has 1 heterocycles. The zero-order valence-electron chi connectivity index (χ0n) is 23.4. The standard InChI is InChI=1S/C26H46N2O9/c1-19(17-21(3)25(31)33-5)23(29)27-7-11-35-12-8-28(10-14-37-16-15-36-13-9-27)24(30)20(2)18-22(4)26(32)34-6/h19-22H,7-18H2,1-6H3/t19-,20+,21+,22-. The number of methoxy groups -OCH3 is 2. The summed E-state index contributed by atoms with van der Waals surface area (Å²) in [4.78, 5) is 53.0. The zero-order chi connectivity index (χ0) is 27.8. The van der Waals surface area contributed by atoms with E-state index in [2.05, 4.69) is 0 Å². The van der Waals surface area contributed by atoms with Gasteiger partial charge in [-0.2, -0.15) is 0 Å². The van der Waals surface area contributed by atoms with Gasteiger partial charge in [0.15, 0.2) is 0 Å². The molecule has 1 saturated heterocycles. The lowest BCUT2D eigenvalue weighted by Gasteiger charge is -2.27. The van der Waals surface area contributed by atoms with Gasteiger partial charge in [0.1, 0.15) is 0 Å². The van der Waals surface area contributed by atoms with Gasteiger partial charge in [0.2, 0.25) is 11.8 Å². The van der Waals surface area contributed by atoms with Gasteiger partial charge >= 0.3 is 11.9 Å². The molecule has 0 N–H and O–H groups in total. The molecule has 0 spiro atoms. The Morgan fingerprint density at radius 3 is 1.16 bits per heavy atom. The smallest absolute Gasteiger partial charge is 0.308 e. The Morgan fingerprint density at radius 2 is 0.865 bits per heavy atom. The molecule has 0 saturated carbocycles. The second kappa shape index (κ2) is 18.1. The highest BCUT2D eigenvalue weighted by Crippen LogP contribution is 2.17. The van der Waals surface area contributed by atoms with Crippen molar-refractivity contribution in [3.8, 4) is 0 Å². The third-order valence-corrected chi connectivity index (χ3v) is 6.48. The number of hydrogen-bond donors (Lipinski definition) is 0. The van der Waals surface area contributed by atoms with Crippen molar-refractivity contribution in [2.75, 3.05) is 80.0 Å². The van der Waals surface area contributed by atoms with Crippen LogP contribution in [-0.2, 0) is 42.9 Å². The fourth-order valence-corrected chi connectivity index (χ4v) is 4.27. The average molecular weight is 531 g/mol. The summed E-state index contributed by atoms with van der Waals surface area (Å²) in [6.45, 7) is 10.7. The van der Waals surface area contributed by atoms with Crippen molar-refractivity contribution in [3.05, 3.63) is 0 Å². The topological polar surface area (TPSA) is 121 Å². The quantitative estimate of drug-likeness (QED) is 0.429. The lowest BCUT2D eigenvalue weighted by atomic mass is 9.96. The molecule has 214 valence electrons. The fourth-order valence-electron chi connectivity index (χ4n) is 4.27. The van der Waals surface area contributed by atoms with Crippen molar-refractivity contribution in [2.45, 2.75) is 40.5 Å². The highest BCUT2D eigenvalue weighted by atomic mass is 16.5. The summed E-state index contributed by atoms with van der Waals surface area (Å²) in [5.74, 6) is -2.30. The number of esters is 2. The highest BCUT2D eigenvalue weighted by molar-refractivity contribution is 5.80. The van der Waals surface area contributed by atoms with Crippen LogP contribution in [0.15, 0.2) is 0 Å². The molecule has 37 heavy (non-hydrogen) atoms. The SMILES string of the molecule is COC(=O)[C@H](C)C[C@H](C)C(=O)N1CCOCCOCCN(C(=O)[C@H](C)C[C@H](C)C(=O)OC)CCOCC1. The maximum atomic E-state index is 13.1. The molecule has 0 aromatic carbocycles. The van der Waals surface area contributed by atoms with Crippen LogP contribution in [0.3, 0.4) is 0 Å². The first-order valence-corrected chi connectivity index (χ1v) is 13.1. The van der Waals surface area contributed by atoms with E-state index in [1.54, 1.807) is 37.5 Å². The molecular weight excluding hydrogens is 484 g/mol. The molecular formula is C26H46N2O9. The Balaban J connectivity index is 2.72. The molecule has 0 aromatic heterocycles. The summed E-state index contributed by atoms with van der Waals surface area (Å²) in [6.07, 6.45) is 0.781. The van der Waals surface area contributed by atoms with E-state index in [0.29, 0.717) is 78.7 Å². The average Bonchev–Trinajstić information content (AvgIpc) is 2.90. The zero-order valence-corrected chi connectivity index (χ0v) is 23.4. The third kappa shape index (κ3) is 12.2. The molecule has 0 aromatic rings. The molecule has 0 bridgehead atoms. The van der Waals surface area contributed by atoms with Crippen LogP contribution in [0.2, 0.25) is 0 Å². The molecule has 0 aliphatic carbocycles. The summed E-state index contributed by atoms with van der Waals surface area (Å²) >= 11 is 0. The molecule has 4 atom stereocenters. The number of carbonyl (C=O) groups is 4. The van der Waals surface area contributed by atoms with Gasteiger partial charge in [0.05, 0.1) is 65.7 Å². The molecule has 11 heteroatoms. The van der Waals surface area contributed by atoms with Gasteiger partial charge in [-0.25, -0.2) is 0 Å².